The van der Waals surface area contributed by atoms with Gasteiger partial charge in [-0.25, -0.2) is 0 Å². The first-order valence-corrected chi connectivity index (χ1v) is 9.16. The predicted molar refractivity (Wildman–Crippen MR) is 103 cm³/mol. The molecular weight excluding hydrogens is 352 g/mol. The zero-order valence-electron chi connectivity index (χ0n) is 14.8. The first kappa shape index (κ1) is 18.5. The average Bonchev–Trinajstić information content (AvgIpc) is 2.68. The quantitative estimate of drug-likeness (QED) is 0.545. The van der Waals surface area contributed by atoms with E-state index in [4.69, 9.17) is 21.2 Å². The van der Waals surface area contributed by atoms with Crippen LogP contribution < -0.4 is 9.64 Å². The summed E-state index contributed by atoms with van der Waals surface area (Å²) in [7, 11) is 1.53. The summed E-state index contributed by atoms with van der Waals surface area (Å²) < 4.78 is 5.90. The molecule has 0 spiro atoms. The number of hydrogen-bond donors (Lipinski definition) is 0. The molecule has 0 aliphatic carbocycles. The molecule has 2 heterocycles. The lowest BCUT2D eigenvalue weighted by atomic mass is 9.94. The summed E-state index contributed by atoms with van der Waals surface area (Å²) in [5, 5.41) is 12.3. The molecule has 0 radical (unpaired) electrons. The molecule has 0 atom stereocenters. The number of hydrogen-bond acceptors (Lipinski definition) is 6. The van der Waals surface area contributed by atoms with Gasteiger partial charge in [0.25, 0.3) is 0 Å². The third-order valence-corrected chi connectivity index (χ3v) is 4.72. The second kappa shape index (κ2) is 9.38. The highest BCUT2D eigenvalue weighted by Crippen LogP contribution is 2.24. The number of nitrogens with zero attached hydrogens (tertiary/aromatic N) is 4. The van der Waals surface area contributed by atoms with Crippen LogP contribution in [0.2, 0.25) is 5.15 Å². The van der Waals surface area contributed by atoms with Gasteiger partial charge in [0.2, 0.25) is 0 Å². The fourth-order valence-electron chi connectivity index (χ4n) is 3.07. The Kier molecular flexibility index (Phi) is 6.66. The van der Waals surface area contributed by atoms with Crippen LogP contribution in [0.3, 0.4) is 0 Å². The van der Waals surface area contributed by atoms with Gasteiger partial charge in [0.15, 0.2) is 11.0 Å². The van der Waals surface area contributed by atoms with E-state index in [0.717, 1.165) is 56.1 Å². The van der Waals surface area contributed by atoms with Crippen molar-refractivity contribution in [3.05, 3.63) is 47.1 Å². The molecule has 1 aliphatic heterocycles. The van der Waals surface area contributed by atoms with Crippen molar-refractivity contribution < 1.29 is 9.57 Å². The molecular formula is C19H23ClN4O2. The molecule has 1 aromatic carbocycles. The molecule has 0 unspecified atom stereocenters. The first-order chi connectivity index (χ1) is 12.7. The highest BCUT2D eigenvalue weighted by molar-refractivity contribution is 6.29. The Labute approximate surface area is 158 Å². The van der Waals surface area contributed by atoms with E-state index in [9.17, 15) is 0 Å². The number of oxime groups is 1. The van der Waals surface area contributed by atoms with Crippen molar-refractivity contribution in [3.8, 4) is 5.75 Å². The van der Waals surface area contributed by atoms with Crippen LogP contribution in [-0.4, -0.2) is 43.2 Å². The molecule has 0 amide bonds. The van der Waals surface area contributed by atoms with Crippen molar-refractivity contribution in [3.63, 3.8) is 0 Å². The Morgan fingerprint density at radius 2 is 2.08 bits per heavy atom. The molecule has 2 aromatic rings. The smallest absolute Gasteiger partial charge is 0.151 e. The Hall–Kier alpha value is -2.34. The van der Waals surface area contributed by atoms with E-state index in [2.05, 4.69) is 20.3 Å². The minimum atomic E-state index is 0.429. The van der Waals surface area contributed by atoms with E-state index in [0.29, 0.717) is 11.1 Å². The van der Waals surface area contributed by atoms with Gasteiger partial charge in [-0.1, -0.05) is 28.9 Å². The van der Waals surface area contributed by atoms with E-state index in [-0.39, 0.29) is 0 Å². The molecule has 138 valence electrons. The molecule has 1 aliphatic rings. The standard InChI is InChI=1S/C19H23ClN4O2/c1-25-21-14-16-3-2-4-17(13-16)26-12-9-15-7-10-24(11-8-15)19-6-5-18(20)22-23-19/h2-6,13-15H,7-12H2,1H3. The fourth-order valence-corrected chi connectivity index (χ4v) is 3.17. The van der Waals surface area contributed by atoms with E-state index < -0.39 is 0 Å². The van der Waals surface area contributed by atoms with Crippen molar-refractivity contribution in [2.24, 2.45) is 11.1 Å². The third kappa shape index (κ3) is 5.33. The van der Waals surface area contributed by atoms with Crippen LogP contribution in [0.5, 0.6) is 5.75 Å². The Balaban J connectivity index is 1.41. The maximum absolute atomic E-state index is 5.90. The van der Waals surface area contributed by atoms with Crippen LogP contribution in [0.1, 0.15) is 24.8 Å². The molecule has 7 heteroatoms. The number of piperidine rings is 1. The number of benzene rings is 1. The normalized spacial score (nSPS) is 15.4. The fraction of sp³-hybridized carbons (Fsp3) is 0.421. The van der Waals surface area contributed by atoms with Crippen molar-refractivity contribution >= 4 is 23.6 Å². The van der Waals surface area contributed by atoms with Gasteiger partial charge in [-0.2, -0.15) is 0 Å². The molecule has 6 nitrogen and oxygen atoms in total. The van der Waals surface area contributed by atoms with Gasteiger partial charge in [-0.15, -0.1) is 10.2 Å². The van der Waals surface area contributed by atoms with Crippen LogP contribution in [0.25, 0.3) is 0 Å². The first-order valence-electron chi connectivity index (χ1n) is 8.78. The van der Waals surface area contributed by atoms with Gasteiger partial charge >= 0.3 is 0 Å². The maximum atomic E-state index is 5.90. The van der Waals surface area contributed by atoms with Gasteiger partial charge in [0.1, 0.15) is 12.9 Å². The van der Waals surface area contributed by atoms with Gasteiger partial charge < -0.3 is 14.5 Å². The SMILES string of the molecule is CON=Cc1cccc(OCCC2CCN(c3ccc(Cl)nn3)CC2)c1. The van der Waals surface area contributed by atoms with Crippen LogP contribution in [-0.2, 0) is 4.84 Å². The number of anilines is 1. The number of ether oxygens (including phenoxy) is 1. The molecule has 26 heavy (non-hydrogen) atoms. The van der Waals surface area contributed by atoms with Crippen LogP contribution in [0.4, 0.5) is 5.82 Å². The highest BCUT2D eigenvalue weighted by atomic mass is 35.5. The zero-order chi connectivity index (χ0) is 18.2. The van der Waals surface area contributed by atoms with Crippen LogP contribution in [0, 0.1) is 5.92 Å². The van der Waals surface area contributed by atoms with E-state index in [1.165, 1.54) is 7.11 Å². The summed E-state index contributed by atoms with van der Waals surface area (Å²) in [5.74, 6) is 2.43. The minimum Gasteiger partial charge on any atom is -0.494 e. The van der Waals surface area contributed by atoms with Gasteiger partial charge in [-0.3, -0.25) is 0 Å². The Morgan fingerprint density at radius 1 is 1.23 bits per heavy atom. The van der Waals surface area contributed by atoms with Crippen LogP contribution >= 0.6 is 11.6 Å². The van der Waals surface area contributed by atoms with E-state index >= 15 is 0 Å². The molecule has 1 saturated heterocycles. The number of aromatic nitrogens is 2. The molecule has 0 bridgehead atoms. The summed E-state index contributed by atoms with van der Waals surface area (Å²) in [6, 6.07) is 11.6. The summed E-state index contributed by atoms with van der Waals surface area (Å²) in [4.78, 5) is 6.97. The minimum absolute atomic E-state index is 0.429. The Morgan fingerprint density at radius 3 is 2.81 bits per heavy atom. The van der Waals surface area contributed by atoms with E-state index in [1.54, 1.807) is 12.3 Å². The van der Waals surface area contributed by atoms with Crippen LogP contribution in [0.15, 0.2) is 41.6 Å². The largest absolute Gasteiger partial charge is 0.494 e. The second-order valence-corrected chi connectivity index (χ2v) is 6.66. The Bertz CT molecular complexity index is 716. The average molecular weight is 375 g/mol. The van der Waals surface area contributed by atoms with Crippen molar-refractivity contribution in [2.45, 2.75) is 19.3 Å². The second-order valence-electron chi connectivity index (χ2n) is 6.27. The lowest BCUT2D eigenvalue weighted by Gasteiger charge is -2.32. The molecule has 3 rings (SSSR count). The number of halogens is 1. The lowest BCUT2D eigenvalue weighted by molar-refractivity contribution is 0.215. The topological polar surface area (TPSA) is 59.8 Å². The zero-order valence-corrected chi connectivity index (χ0v) is 15.6. The molecule has 0 saturated carbocycles. The monoisotopic (exact) mass is 374 g/mol. The van der Waals surface area contributed by atoms with Crippen molar-refractivity contribution in [2.75, 3.05) is 31.7 Å². The molecule has 1 fully saturated rings. The summed E-state index contributed by atoms with van der Waals surface area (Å²) in [6.45, 7) is 2.70. The summed E-state index contributed by atoms with van der Waals surface area (Å²) >= 11 is 5.80. The summed E-state index contributed by atoms with van der Waals surface area (Å²) in [5.41, 5.74) is 0.960. The van der Waals surface area contributed by atoms with E-state index in [1.807, 2.05) is 30.3 Å². The molecule has 1 aromatic heterocycles. The van der Waals surface area contributed by atoms with Crippen molar-refractivity contribution in [1.82, 2.24) is 10.2 Å². The maximum Gasteiger partial charge on any atom is 0.151 e. The predicted octanol–water partition coefficient (Wildman–Crippen LogP) is 3.80. The molecule has 0 N–H and O–H groups in total. The van der Waals surface area contributed by atoms with Gasteiger partial charge in [0.05, 0.1) is 12.8 Å². The van der Waals surface area contributed by atoms with Crippen molar-refractivity contribution in [1.29, 1.82) is 0 Å². The lowest BCUT2D eigenvalue weighted by Crippen LogP contribution is -2.34. The third-order valence-electron chi connectivity index (χ3n) is 4.52. The summed E-state index contributed by atoms with van der Waals surface area (Å²) in [6.07, 6.45) is 4.99. The highest BCUT2D eigenvalue weighted by Gasteiger charge is 2.20. The number of rotatable bonds is 7. The van der Waals surface area contributed by atoms with Gasteiger partial charge in [-0.05, 0) is 55.0 Å². The van der Waals surface area contributed by atoms with Gasteiger partial charge in [0, 0.05) is 13.1 Å².